The maximum atomic E-state index is 12.8. The largest absolute Gasteiger partial charge is 0.416 e. The average Bonchev–Trinajstić information content (AvgIpc) is 2.65. The van der Waals surface area contributed by atoms with E-state index in [1.54, 1.807) is 18.3 Å². The summed E-state index contributed by atoms with van der Waals surface area (Å²) in [6.07, 6.45) is 0.645. The lowest BCUT2D eigenvalue weighted by molar-refractivity contribution is -0.137. The van der Waals surface area contributed by atoms with E-state index in [2.05, 4.69) is 36.3 Å². The molecule has 1 aromatic heterocycles. The van der Waals surface area contributed by atoms with Crippen molar-refractivity contribution in [3.63, 3.8) is 0 Å². The van der Waals surface area contributed by atoms with Crippen LogP contribution in [-0.2, 0) is 6.18 Å². The van der Waals surface area contributed by atoms with Crippen molar-refractivity contribution < 1.29 is 13.2 Å². The molecule has 3 N–H and O–H groups in total. The molecule has 0 aliphatic carbocycles. The first kappa shape index (κ1) is 20.0. The Morgan fingerprint density at radius 1 is 1.22 bits per heavy atom. The van der Waals surface area contributed by atoms with Gasteiger partial charge in [-0.05, 0) is 64.8 Å². The number of hydrazine groups is 1. The van der Waals surface area contributed by atoms with Crippen molar-refractivity contribution in [3.8, 4) is 0 Å². The molecule has 1 aromatic carbocycles. The smallest absolute Gasteiger partial charge is 0.330 e. The molecule has 146 valence electrons. The highest BCUT2D eigenvalue weighted by molar-refractivity contribution is 9.10. The Bertz CT molecular complexity index is 745. The second kappa shape index (κ2) is 8.53. The van der Waals surface area contributed by atoms with E-state index >= 15 is 0 Å². The van der Waals surface area contributed by atoms with E-state index in [0.717, 1.165) is 48.1 Å². The van der Waals surface area contributed by atoms with Crippen molar-refractivity contribution >= 4 is 21.7 Å². The normalized spacial score (nSPS) is 17.7. The summed E-state index contributed by atoms with van der Waals surface area (Å²) in [5.74, 6) is 1.10. The van der Waals surface area contributed by atoms with Crippen molar-refractivity contribution in [3.05, 3.63) is 52.4 Å². The van der Waals surface area contributed by atoms with Gasteiger partial charge in [-0.15, -0.1) is 0 Å². The molecule has 1 fully saturated rings. The Hall–Kier alpha value is -1.71. The van der Waals surface area contributed by atoms with Crippen LogP contribution in [0, 0.1) is 5.92 Å². The molecule has 0 amide bonds. The average molecular weight is 444 g/mol. The predicted octanol–water partition coefficient (Wildman–Crippen LogP) is 4.04. The van der Waals surface area contributed by atoms with Crippen LogP contribution in [0.5, 0.6) is 0 Å². The molecular weight excluding hydrogens is 423 g/mol. The van der Waals surface area contributed by atoms with Gasteiger partial charge in [0.2, 0.25) is 0 Å². The zero-order valence-corrected chi connectivity index (χ0v) is 16.2. The number of anilines is 1. The maximum absolute atomic E-state index is 12.8. The third kappa shape index (κ3) is 4.97. The third-order valence-electron chi connectivity index (χ3n) is 4.96. The second-order valence-electron chi connectivity index (χ2n) is 6.62. The second-order valence-corrected chi connectivity index (χ2v) is 7.47. The lowest BCUT2D eigenvalue weighted by Gasteiger charge is -2.36. The minimum absolute atomic E-state index is 0.0558. The summed E-state index contributed by atoms with van der Waals surface area (Å²) in [5.41, 5.74) is 9.48. The Morgan fingerprint density at radius 2 is 1.89 bits per heavy atom. The van der Waals surface area contributed by atoms with E-state index in [1.165, 1.54) is 6.33 Å². The number of aromatic nitrogens is 2. The van der Waals surface area contributed by atoms with Gasteiger partial charge in [-0.2, -0.15) is 13.2 Å². The molecule has 1 atom stereocenters. The first-order chi connectivity index (χ1) is 12.9. The van der Waals surface area contributed by atoms with Gasteiger partial charge in [-0.1, -0.05) is 12.1 Å². The highest BCUT2D eigenvalue weighted by atomic mass is 79.9. The van der Waals surface area contributed by atoms with Crippen LogP contribution in [0.3, 0.4) is 0 Å². The summed E-state index contributed by atoms with van der Waals surface area (Å²) in [4.78, 5) is 8.13. The maximum Gasteiger partial charge on any atom is 0.416 e. The van der Waals surface area contributed by atoms with Crippen LogP contribution < -0.4 is 11.2 Å². The molecule has 0 spiro atoms. The predicted molar refractivity (Wildman–Crippen MR) is 101 cm³/mol. The fourth-order valence-electron chi connectivity index (χ4n) is 3.48. The Morgan fingerprint density at radius 3 is 2.44 bits per heavy atom. The van der Waals surface area contributed by atoms with Crippen LogP contribution in [0.15, 0.2) is 41.3 Å². The number of alkyl halides is 3. The summed E-state index contributed by atoms with van der Waals surface area (Å²) in [6.45, 7) is 2.03. The standard InChI is InChI=1S/C18H21BrF3N5/c19-16-10-24-11-25-17(16)26-27-7-5-13(6-8-27)15(9-23)12-1-3-14(4-2-12)18(20,21)22/h1-4,10-11,13,15H,5-9,23H2,(H,24,25,26). The van der Waals surface area contributed by atoms with Gasteiger partial charge in [0.25, 0.3) is 0 Å². The van der Waals surface area contributed by atoms with E-state index in [9.17, 15) is 13.2 Å². The molecule has 3 rings (SSSR count). The van der Waals surface area contributed by atoms with Crippen molar-refractivity contribution in [1.29, 1.82) is 0 Å². The zero-order valence-electron chi connectivity index (χ0n) is 14.6. The number of nitrogens with zero attached hydrogens (tertiary/aromatic N) is 3. The number of hydrogen-bond acceptors (Lipinski definition) is 5. The molecular formula is C18H21BrF3N5. The van der Waals surface area contributed by atoms with Crippen molar-refractivity contribution in [2.24, 2.45) is 11.7 Å². The highest BCUT2D eigenvalue weighted by Crippen LogP contribution is 2.35. The topological polar surface area (TPSA) is 67.1 Å². The molecule has 9 heteroatoms. The van der Waals surface area contributed by atoms with Gasteiger partial charge >= 0.3 is 6.18 Å². The quantitative estimate of drug-likeness (QED) is 0.729. The van der Waals surface area contributed by atoms with Gasteiger partial charge in [0.15, 0.2) is 5.82 Å². The van der Waals surface area contributed by atoms with Crippen molar-refractivity contribution in [2.45, 2.75) is 24.9 Å². The molecule has 0 saturated carbocycles. The lowest BCUT2D eigenvalue weighted by atomic mass is 9.80. The molecule has 0 radical (unpaired) electrons. The van der Waals surface area contributed by atoms with Crippen LogP contribution >= 0.6 is 15.9 Å². The number of benzene rings is 1. The molecule has 0 bridgehead atoms. The van der Waals surface area contributed by atoms with E-state index < -0.39 is 11.7 Å². The number of piperidine rings is 1. The monoisotopic (exact) mass is 443 g/mol. The van der Waals surface area contributed by atoms with Crippen molar-refractivity contribution in [2.75, 3.05) is 25.1 Å². The molecule has 1 aliphatic rings. The zero-order chi connectivity index (χ0) is 19.4. The van der Waals surface area contributed by atoms with Gasteiger partial charge in [-0.3, -0.25) is 0 Å². The fourth-order valence-corrected chi connectivity index (χ4v) is 3.79. The molecule has 1 unspecified atom stereocenters. The van der Waals surface area contributed by atoms with Gasteiger partial charge in [0.1, 0.15) is 6.33 Å². The van der Waals surface area contributed by atoms with Gasteiger partial charge in [0, 0.05) is 19.3 Å². The first-order valence-corrected chi connectivity index (χ1v) is 9.52. The first-order valence-electron chi connectivity index (χ1n) is 8.73. The van der Waals surface area contributed by atoms with Gasteiger partial charge < -0.3 is 11.2 Å². The van der Waals surface area contributed by atoms with Crippen LogP contribution in [0.2, 0.25) is 0 Å². The van der Waals surface area contributed by atoms with E-state index in [1.807, 2.05) is 0 Å². The number of nitrogens with one attached hydrogen (secondary N) is 1. The summed E-state index contributed by atoms with van der Waals surface area (Å²) >= 11 is 3.41. The fraction of sp³-hybridized carbons (Fsp3) is 0.444. The SMILES string of the molecule is NCC(c1ccc(C(F)(F)F)cc1)C1CCN(Nc2ncncc2Br)CC1. The summed E-state index contributed by atoms with van der Waals surface area (Å²) in [7, 11) is 0. The summed E-state index contributed by atoms with van der Waals surface area (Å²) in [5, 5.41) is 2.09. The molecule has 2 aromatic rings. The van der Waals surface area contributed by atoms with Gasteiger partial charge in [-0.25, -0.2) is 15.0 Å². The van der Waals surface area contributed by atoms with E-state index in [0.29, 0.717) is 18.3 Å². The minimum atomic E-state index is -4.32. The molecule has 27 heavy (non-hydrogen) atoms. The lowest BCUT2D eigenvalue weighted by Crippen LogP contribution is -2.40. The van der Waals surface area contributed by atoms with Crippen LogP contribution in [0.4, 0.5) is 19.0 Å². The third-order valence-corrected chi connectivity index (χ3v) is 5.54. The number of nitrogens with two attached hydrogens (primary N) is 1. The summed E-state index contributed by atoms with van der Waals surface area (Å²) in [6, 6.07) is 5.40. The van der Waals surface area contributed by atoms with Crippen molar-refractivity contribution in [1.82, 2.24) is 15.0 Å². The van der Waals surface area contributed by atoms with Crippen LogP contribution in [0.1, 0.15) is 29.9 Å². The molecule has 5 nitrogen and oxygen atoms in total. The van der Waals surface area contributed by atoms with E-state index in [4.69, 9.17) is 5.73 Å². The molecule has 1 aliphatic heterocycles. The van der Waals surface area contributed by atoms with Crippen LogP contribution in [0.25, 0.3) is 0 Å². The summed E-state index contributed by atoms with van der Waals surface area (Å²) < 4.78 is 39.1. The number of rotatable bonds is 5. The van der Waals surface area contributed by atoms with Gasteiger partial charge in [0.05, 0.1) is 10.0 Å². The van der Waals surface area contributed by atoms with E-state index in [-0.39, 0.29) is 5.92 Å². The van der Waals surface area contributed by atoms with Crippen LogP contribution in [-0.4, -0.2) is 34.6 Å². The Labute approximate surface area is 164 Å². The Kier molecular flexibility index (Phi) is 6.33. The highest BCUT2D eigenvalue weighted by Gasteiger charge is 2.31. The molecule has 1 saturated heterocycles. The number of halogens is 4. The Balaban J connectivity index is 1.61. The molecule has 2 heterocycles. The minimum Gasteiger partial charge on any atom is -0.330 e. The number of hydrogen-bond donors (Lipinski definition) is 2.